The lowest BCUT2D eigenvalue weighted by atomic mass is 10.1. The molecule has 0 bridgehead atoms. The van der Waals surface area contributed by atoms with Crippen molar-refractivity contribution in [2.45, 2.75) is 26.1 Å². The number of nitrogens with zero attached hydrogens (tertiary/aromatic N) is 1. The van der Waals surface area contributed by atoms with Crippen LogP contribution in [0.15, 0.2) is 4.79 Å². The molecule has 0 aliphatic carbocycles. The first kappa shape index (κ1) is 11.1. The average molecular weight is 225 g/mol. The average Bonchev–Trinajstić information content (AvgIpc) is 2.68. The van der Waals surface area contributed by atoms with Gasteiger partial charge in [-0.2, -0.15) is 0 Å². The maximum absolute atomic E-state index is 11.6. The molecule has 6 nitrogen and oxygen atoms in total. The lowest BCUT2D eigenvalue weighted by Crippen LogP contribution is -2.20. The summed E-state index contributed by atoms with van der Waals surface area (Å²) in [5.74, 6) is 0.152. The number of nitrogens with one attached hydrogen (secondary N) is 1. The molecular weight excluding hydrogens is 210 g/mol. The van der Waals surface area contributed by atoms with Crippen molar-refractivity contribution in [1.29, 1.82) is 0 Å². The molecule has 0 amide bonds. The Labute approximate surface area is 92.8 Å². The molecule has 6 heteroatoms. The van der Waals surface area contributed by atoms with E-state index in [9.17, 15) is 4.79 Å². The van der Waals surface area contributed by atoms with E-state index in [1.54, 1.807) is 6.92 Å². The Balaban J connectivity index is 2.06. The van der Waals surface area contributed by atoms with Gasteiger partial charge in [0.1, 0.15) is 0 Å². The highest BCUT2D eigenvalue weighted by atomic mass is 16.7. The van der Waals surface area contributed by atoms with Crippen molar-refractivity contribution in [3.8, 4) is 0 Å². The van der Waals surface area contributed by atoms with Gasteiger partial charge in [0.05, 0.1) is 13.2 Å². The van der Waals surface area contributed by atoms with Gasteiger partial charge < -0.3 is 15.2 Å². The summed E-state index contributed by atoms with van der Waals surface area (Å²) in [4.78, 5) is 18.1. The number of anilines is 1. The Hall–Kier alpha value is -1.40. The summed E-state index contributed by atoms with van der Waals surface area (Å²) in [7, 11) is 0. The number of hydrogen-bond acceptors (Lipinski definition) is 5. The smallest absolute Gasteiger partial charge is 0.255 e. The van der Waals surface area contributed by atoms with Gasteiger partial charge >= 0.3 is 0 Å². The number of H-pyrrole nitrogens is 1. The van der Waals surface area contributed by atoms with Crippen LogP contribution in [0, 0.1) is 6.92 Å². The number of nitrogen functional groups attached to an aromatic ring is 1. The van der Waals surface area contributed by atoms with Crippen molar-refractivity contribution in [3.05, 3.63) is 21.6 Å². The van der Waals surface area contributed by atoms with Gasteiger partial charge in [-0.15, -0.1) is 0 Å². The molecular formula is C10H15N3O3. The van der Waals surface area contributed by atoms with Gasteiger partial charge in [0, 0.05) is 17.7 Å². The van der Waals surface area contributed by atoms with Gasteiger partial charge in [0.2, 0.25) is 5.95 Å². The lowest BCUT2D eigenvalue weighted by molar-refractivity contribution is -0.0462. The van der Waals surface area contributed by atoms with E-state index in [1.165, 1.54) is 0 Å². The molecule has 2 rings (SSSR count). The molecule has 0 unspecified atom stereocenters. The van der Waals surface area contributed by atoms with E-state index in [4.69, 9.17) is 15.2 Å². The second kappa shape index (κ2) is 4.63. The third kappa shape index (κ3) is 2.40. The van der Waals surface area contributed by atoms with Gasteiger partial charge in [-0.3, -0.25) is 9.78 Å². The first-order valence-electron chi connectivity index (χ1n) is 5.25. The van der Waals surface area contributed by atoms with Crippen molar-refractivity contribution in [2.75, 3.05) is 18.9 Å². The van der Waals surface area contributed by atoms with Gasteiger partial charge in [-0.1, -0.05) is 0 Å². The van der Waals surface area contributed by atoms with Crippen molar-refractivity contribution in [2.24, 2.45) is 0 Å². The number of hydrogen-bond donors (Lipinski definition) is 2. The highest BCUT2D eigenvalue weighted by Gasteiger charge is 2.17. The van der Waals surface area contributed by atoms with E-state index in [0.717, 1.165) is 0 Å². The molecule has 1 saturated heterocycles. The van der Waals surface area contributed by atoms with E-state index >= 15 is 0 Å². The zero-order valence-electron chi connectivity index (χ0n) is 9.16. The SMILES string of the molecule is Cc1nc(N)[nH]c(=O)c1CCC1OCCO1. The standard InChI is InChI=1S/C10H15N3O3/c1-6-7(9(14)13-10(11)12-6)2-3-8-15-4-5-16-8/h8H,2-5H2,1H3,(H3,11,12,13,14). The highest BCUT2D eigenvalue weighted by molar-refractivity contribution is 5.24. The minimum Gasteiger partial charge on any atom is -0.369 e. The third-order valence-corrected chi connectivity index (χ3v) is 2.56. The lowest BCUT2D eigenvalue weighted by Gasteiger charge is -2.09. The molecule has 16 heavy (non-hydrogen) atoms. The summed E-state index contributed by atoms with van der Waals surface area (Å²) in [6, 6.07) is 0. The fourth-order valence-corrected chi connectivity index (χ4v) is 1.76. The molecule has 0 aromatic carbocycles. The van der Waals surface area contributed by atoms with Crippen molar-refractivity contribution in [1.82, 2.24) is 9.97 Å². The van der Waals surface area contributed by atoms with E-state index < -0.39 is 0 Å². The van der Waals surface area contributed by atoms with E-state index in [2.05, 4.69) is 9.97 Å². The molecule has 3 N–H and O–H groups in total. The molecule has 0 saturated carbocycles. The van der Waals surface area contributed by atoms with Gasteiger partial charge in [0.15, 0.2) is 6.29 Å². The van der Waals surface area contributed by atoms with Crippen molar-refractivity contribution in [3.63, 3.8) is 0 Å². The molecule has 1 aliphatic rings. The van der Waals surface area contributed by atoms with Crippen LogP contribution >= 0.6 is 0 Å². The summed E-state index contributed by atoms with van der Waals surface area (Å²) in [6.45, 7) is 3.03. The Kier molecular flexibility index (Phi) is 3.21. The zero-order chi connectivity index (χ0) is 11.5. The predicted octanol–water partition coefficient (Wildman–Crippen LogP) is -0.0340. The van der Waals surface area contributed by atoms with Crippen LogP contribution in [0.2, 0.25) is 0 Å². The summed E-state index contributed by atoms with van der Waals surface area (Å²) in [6.07, 6.45) is 1.05. The fourth-order valence-electron chi connectivity index (χ4n) is 1.76. The maximum atomic E-state index is 11.6. The van der Waals surface area contributed by atoms with Crippen LogP contribution in [-0.4, -0.2) is 29.5 Å². The van der Waals surface area contributed by atoms with Crippen LogP contribution < -0.4 is 11.3 Å². The van der Waals surface area contributed by atoms with E-state index in [1.807, 2.05) is 0 Å². The number of aromatic nitrogens is 2. The molecule has 0 radical (unpaired) electrons. The summed E-state index contributed by atoms with van der Waals surface area (Å²) in [5.41, 5.74) is 6.57. The molecule has 1 aromatic heterocycles. The van der Waals surface area contributed by atoms with Crippen LogP contribution in [-0.2, 0) is 15.9 Å². The highest BCUT2D eigenvalue weighted by Crippen LogP contribution is 2.12. The Morgan fingerprint density at radius 3 is 2.81 bits per heavy atom. The normalized spacial score (nSPS) is 16.8. The molecule has 1 fully saturated rings. The fraction of sp³-hybridized carbons (Fsp3) is 0.600. The quantitative estimate of drug-likeness (QED) is 0.753. The number of aryl methyl sites for hydroxylation is 1. The Bertz CT molecular complexity index is 424. The van der Waals surface area contributed by atoms with Crippen molar-refractivity contribution >= 4 is 5.95 Å². The number of nitrogens with two attached hydrogens (primary N) is 1. The van der Waals surface area contributed by atoms with Crippen LogP contribution in [0.4, 0.5) is 5.95 Å². The minimum absolute atomic E-state index is 0.152. The molecule has 1 aromatic rings. The number of ether oxygens (including phenoxy) is 2. The largest absolute Gasteiger partial charge is 0.369 e. The minimum atomic E-state index is -0.198. The monoisotopic (exact) mass is 225 g/mol. The molecule has 1 aliphatic heterocycles. The third-order valence-electron chi connectivity index (χ3n) is 2.56. The van der Waals surface area contributed by atoms with Crippen LogP contribution in [0.25, 0.3) is 0 Å². The van der Waals surface area contributed by atoms with Gasteiger partial charge in [-0.25, -0.2) is 4.98 Å². The molecule has 2 heterocycles. The maximum Gasteiger partial charge on any atom is 0.255 e. The Morgan fingerprint density at radius 2 is 2.19 bits per heavy atom. The van der Waals surface area contributed by atoms with Crippen LogP contribution in [0.1, 0.15) is 17.7 Å². The summed E-state index contributed by atoms with van der Waals surface area (Å²) >= 11 is 0. The van der Waals surface area contributed by atoms with Crippen LogP contribution in [0.3, 0.4) is 0 Å². The van der Waals surface area contributed by atoms with Gasteiger partial charge in [0.25, 0.3) is 5.56 Å². The zero-order valence-corrected chi connectivity index (χ0v) is 9.16. The van der Waals surface area contributed by atoms with Crippen LogP contribution in [0.5, 0.6) is 0 Å². The Morgan fingerprint density at radius 1 is 1.50 bits per heavy atom. The molecule has 0 spiro atoms. The van der Waals surface area contributed by atoms with Gasteiger partial charge in [-0.05, 0) is 13.3 Å². The summed E-state index contributed by atoms with van der Waals surface area (Å²) < 4.78 is 10.6. The van der Waals surface area contributed by atoms with Crippen molar-refractivity contribution < 1.29 is 9.47 Å². The second-order valence-corrected chi connectivity index (χ2v) is 3.72. The first-order valence-corrected chi connectivity index (χ1v) is 5.25. The predicted molar refractivity (Wildman–Crippen MR) is 58.0 cm³/mol. The summed E-state index contributed by atoms with van der Waals surface area (Å²) in [5, 5.41) is 0. The van der Waals surface area contributed by atoms with E-state index in [0.29, 0.717) is 37.3 Å². The number of aromatic amines is 1. The van der Waals surface area contributed by atoms with E-state index in [-0.39, 0.29) is 17.8 Å². The topological polar surface area (TPSA) is 90.2 Å². The molecule has 88 valence electrons. The number of rotatable bonds is 3. The first-order chi connectivity index (χ1) is 7.66. The molecule has 0 atom stereocenters. The second-order valence-electron chi connectivity index (χ2n) is 3.72.